The summed E-state index contributed by atoms with van der Waals surface area (Å²) >= 11 is 0. The molecule has 1 saturated heterocycles. The highest BCUT2D eigenvalue weighted by atomic mass is 16.5. The zero-order chi connectivity index (χ0) is 13.1. The zero-order valence-electron chi connectivity index (χ0n) is 11.6. The number of hydrogen-bond acceptors (Lipinski definition) is 4. The van der Waals surface area contributed by atoms with Crippen LogP contribution in [-0.4, -0.2) is 29.0 Å². The largest absolute Gasteiger partial charge is 0.394 e. The molecule has 1 unspecified atom stereocenters. The zero-order valence-corrected chi connectivity index (χ0v) is 11.6. The molecule has 0 bridgehead atoms. The summed E-state index contributed by atoms with van der Waals surface area (Å²) < 4.78 is 7.67. The van der Waals surface area contributed by atoms with Crippen molar-refractivity contribution >= 4 is 11.5 Å². The quantitative estimate of drug-likeness (QED) is 0.863. The van der Waals surface area contributed by atoms with Crippen LogP contribution in [0.3, 0.4) is 0 Å². The number of aryl methyl sites for hydroxylation is 1. The minimum absolute atomic E-state index is 0.300. The average molecular weight is 252 g/mol. The van der Waals surface area contributed by atoms with Gasteiger partial charge < -0.3 is 15.8 Å². The summed E-state index contributed by atoms with van der Waals surface area (Å²) in [5.74, 6) is 0.927. The average Bonchev–Trinajstić information content (AvgIpc) is 2.65. The smallest absolute Gasteiger partial charge is 0.148 e. The SMILES string of the molecule is Cc1nn(C(C)C)c(NCC2CCCCO2)c1N. The van der Waals surface area contributed by atoms with E-state index in [9.17, 15) is 0 Å². The van der Waals surface area contributed by atoms with E-state index < -0.39 is 0 Å². The molecule has 1 aliphatic rings. The number of nitrogens with two attached hydrogens (primary N) is 1. The molecule has 18 heavy (non-hydrogen) atoms. The lowest BCUT2D eigenvalue weighted by atomic mass is 10.1. The molecular formula is C13H24N4O. The van der Waals surface area contributed by atoms with Crippen LogP contribution in [0.25, 0.3) is 0 Å². The Kier molecular flexibility index (Phi) is 4.11. The molecule has 0 saturated carbocycles. The number of nitrogen functional groups attached to an aromatic ring is 1. The van der Waals surface area contributed by atoms with Crippen molar-refractivity contribution in [3.05, 3.63) is 5.69 Å². The first-order chi connectivity index (χ1) is 8.59. The number of nitrogens with one attached hydrogen (secondary N) is 1. The first-order valence-corrected chi connectivity index (χ1v) is 6.79. The highest BCUT2D eigenvalue weighted by Crippen LogP contribution is 2.26. The molecule has 1 aliphatic heterocycles. The predicted molar refractivity (Wildman–Crippen MR) is 73.8 cm³/mol. The molecule has 1 aromatic rings. The van der Waals surface area contributed by atoms with Gasteiger partial charge in [-0.05, 0) is 40.0 Å². The van der Waals surface area contributed by atoms with E-state index in [0.717, 1.165) is 36.8 Å². The molecule has 0 aliphatic carbocycles. The van der Waals surface area contributed by atoms with Crippen molar-refractivity contribution < 1.29 is 4.74 Å². The summed E-state index contributed by atoms with van der Waals surface area (Å²) in [4.78, 5) is 0. The summed E-state index contributed by atoms with van der Waals surface area (Å²) in [6, 6.07) is 0.302. The van der Waals surface area contributed by atoms with Crippen LogP contribution in [0.1, 0.15) is 44.8 Å². The van der Waals surface area contributed by atoms with Gasteiger partial charge in [-0.3, -0.25) is 0 Å². The molecule has 1 fully saturated rings. The van der Waals surface area contributed by atoms with E-state index in [2.05, 4.69) is 24.3 Å². The predicted octanol–water partition coefficient (Wildman–Crippen LogP) is 2.34. The fraction of sp³-hybridized carbons (Fsp3) is 0.769. The van der Waals surface area contributed by atoms with Crippen molar-refractivity contribution in [1.29, 1.82) is 0 Å². The first-order valence-electron chi connectivity index (χ1n) is 6.79. The molecular weight excluding hydrogens is 228 g/mol. The van der Waals surface area contributed by atoms with Gasteiger partial charge in [0.1, 0.15) is 5.82 Å². The van der Waals surface area contributed by atoms with E-state index >= 15 is 0 Å². The topological polar surface area (TPSA) is 65.1 Å². The Morgan fingerprint density at radius 3 is 2.89 bits per heavy atom. The van der Waals surface area contributed by atoms with Crippen molar-refractivity contribution in [3.63, 3.8) is 0 Å². The summed E-state index contributed by atoms with van der Waals surface area (Å²) in [7, 11) is 0. The highest BCUT2D eigenvalue weighted by Gasteiger charge is 2.18. The minimum atomic E-state index is 0.300. The van der Waals surface area contributed by atoms with Crippen LogP contribution < -0.4 is 11.1 Å². The fourth-order valence-electron chi connectivity index (χ4n) is 2.29. The van der Waals surface area contributed by atoms with Gasteiger partial charge in [0.25, 0.3) is 0 Å². The Bertz CT molecular complexity index is 394. The second kappa shape index (κ2) is 5.61. The van der Waals surface area contributed by atoms with Crippen molar-refractivity contribution in [1.82, 2.24) is 9.78 Å². The van der Waals surface area contributed by atoms with E-state index in [1.807, 2.05) is 11.6 Å². The molecule has 0 radical (unpaired) electrons. The molecule has 1 atom stereocenters. The lowest BCUT2D eigenvalue weighted by molar-refractivity contribution is 0.0246. The van der Waals surface area contributed by atoms with E-state index in [1.165, 1.54) is 12.8 Å². The number of rotatable bonds is 4. The summed E-state index contributed by atoms with van der Waals surface area (Å²) in [5.41, 5.74) is 7.70. The maximum absolute atomic E-state index is 6.07. The van der Waals surface area contributed by atoms with Crippen LogP contribution in [-0.2, 0) is 4.74 Å². The van der Waals surface area contributed by atoms with E-state index in [-0.39, 0.29) is 0 Å². The maximum Gasteiger partial charge on any atom is 0.148 e. The lowest BCUT2D eigenvalue weighted by Crippen LogP contribution is -2.28. The van der Waals surface area contributed by atoms with Gasteiger partial charge in [-0.25, -0.2) is 4.68 Å². The number of ether oxygens (including phenoxy) is 1. The van der Waals surface area contributed by atoms with Gasteiger partial charge in [0, 0.05) is 19.2 Å². The van der Waals surface area contributed by atoms with Gasteiger partial charge in [0.05, 0.1) is 17.5 Å². The second-order valence-corrected chi connectivity index (χ2v) is 5.26. The molecule has 2 heterocycles. The van der Waals surface area contributed by atoms with Crippen molar-refractivity contribution in [2.75, 3.05) is 24.2 Å². The molecule has 0 spiro atoms. The van der Waals surface area contributed by atoms with Gasteiger partial charge in [-0.15, -0.1) is 0 Å². The molecule has 3 N–H and O–H groups in total. The number of aromatic nitrogens is 2. The van der Waals surface area contributed by atoms with Crippen LogP contribution in [0, 0.1) is 6.92 Å². The highest BCUT2D eigenvalue weighted by molar-refractivity contribution is 5.64. The van der Waals surface area contributed by atoms with Gasteiger partial charge >= 0.3 is 0 Å². The molecule has 5 heteroatoms. The molecule has 102 valence electrons. The summed E-state index contributed by atoms with van der Waals surface area (Å²) in [6.07, 6.45) is 3.86. The van der Waals surface area contributed by atoms with Crippen molar-refractivity contribution in [2.24, 2.45) is 0 Å². The third-order valence-corrected chi connectivity index (χ3v) is 3.39. The van der Waals surface area contributed by atoms with Gasteiger partial charge in [0.15, 0.2) is 0 Å². The van der Waals surface area contributed by atoms with Crippen molar-refractivity contribution in [3.8, 4) is 0 Å². The minimum Gasteiger partial charge on any atom is -0.394 e. The number of hydrogen-bond donors (Lipinski definition) is 2. The van der Waals surface area contributed by atoms with Crippen molar-refractivity contribution in [2.45, 2.75) is 52.2 Å². The molecule has 0 amide bonds. The second-order valence-electron chi connectivity index (χ2n) is 5.26. The van der Waals surface area contributed by atoms with Crippen LogP contribution >= 0.6 is 0 Å². The maximum atomic E-state index is 6.07. The Morgan fingerprint density at radius 2 is 2.28 bits per heavy atom. The lowest BCUT2D eigenvalue weighted by Gasteiger charge is -2.23. The standard InChI is InChI=1S/C13H24N4O/c1-9(2)17-13(12(14)10(3)16-17)15-8-11-6-4-5-7-18-11/h9,11,15H,4-8,14H2,1-3H3. The van der Waals surface area contributed by atoms with Crippen LogP contribution in [0.4, 0.5) is 11.5 Å². The third kappa shape index (κ3) is 2.77. The Hall–Kier alpha value is -1.23. The molecule has 0 aromatic carbocycles. The van der Waals surface area contributed by atoms with E-state index in [0.29, 0.717) is 12.1 Å². The Morgan fingerprint density at radius 1 is 1.50 bits per heavy atom. The molecule has 2 rings (SSSR count). The number of anilines is 2. The Labute approximate surface area is 109 Å². The fourth-order valence-corrected chi connectivity index (χ4v) is 2.29. The van der Waals surface area contributed by atoms with Gasteiger partial charge in [0.2, 0.25) is 0 Å². The van der Waals surface area contributed by atoms with Gasteiger partial charge in [-0.1, -0.05) is 0 Å². The number of nitrogens with zero attached hydrogens (tertiary/aromatic N) is 2. The van der Waals surface area contributed by atoms with E-state index in [4.69, 9.17) is 10.5 Å². The van der Waals surface area contributed by atoms with Gasteiger partial charge in [-0.2, -0.15) is 5.10 Å². The summed E-state index contributed by atoms with van der Waals surface area (Å²) in [5, 5.41) is 7.87. The molecule has 1 aromatic heterocycles. The molecule has 5 nitrogen and oxygen atoms in total. The van der Waals surface area contributed by atoms with Crippen LogP contribution in [0.15, 0.2) is 0 Å². The van der Waals surface area contributed by atoms with Crippen LogP contribution in [0.5, 0.6) is 0 Å². The monoisotopic (exact) mass is 252 g/mol. The first kappa shape index (κ1) is 13.2. The Balaban J connectivity index is 2.03. The third-order valence-electron chi connectivity index (χ3n) is 3.39. The van der Waals surface area contributed by atoms with Crippen LogP contribution in [0.2, 0.25) is 0 Å². The normalized spacial score (nSPS) is 20.3. The van der Waals surface area contributed by atoms with E-state index in [1.54, 1.807) is 0 Å². The summed E-state index contributed by atoms with van der Waals surface area (Å²) in [6.45, 7) is 7.84.